The molecule has 1 aromatic heterocycles. The first-order valence-electron chi connectivity index (χ1n) is 5.18. The van der Waals surface area contributed by atoms with Crippen molar-refractivity contribution in [2.24, 2.45) is 0 Å². The number of hydrogen-bond donors (Lipinski definition) is 1. The lowest BCUT2D eigenvalue weighted by Gasteiger charge is -2.05. The second kappa shape index (κ2) is 7.03. The Hall–Kier alpha value is -1.40. The average molecular weight is 260 g/mol. The molecule has 0 aliphatic heterocycles. The third-order valence-electron chi connectivity index (χ3n) is 2.10. The van der Waals surface area contributed by atoms with E-state index in [4.69, 9.17) is 16.3 Å². The lowest BCUT2D eigenvalue weighted by Crippen LogP contribution is -2.07. The fraction of sp³-hybridized carbons (Fsp3) is 0.500. The molecule has 0 fully saturated rings. The molecule has 0 unspecified atom stereocenters. The largest absolute Gasteiger partial charge is 0.385 e. The Morgan fingerprint density at radius 3 is 3.00 bits per heavy atom. The third kappa shape index (κ3) is 4.54. The van der Waals surface area contributed by atoms with Gasteiger partial charge >= 0.3 is 5.69 Å². The molecule has 0 aromatic carbocycles. The van der Waals surface area contributed by atoms with Crippen molar-refractivity contribution < 1.29 is 9.66 Å². The Bertz CT molecular complexity index is 387. The van der Waals surface area contributed by atoms with Crippen molar-refractivity contribution in [1.29, 1.82) is 0 Å². The number of hydrogen-bond acceptors (Lipinski definition) is 5. The van der Waals surface area contributed by atoms with Gasteiger partial charge in [-0.25, -0.2) is 4.98 Å². The van der Waals surface area contributed by atoms with Gasteiger partial charge in [0, 0.05) is 32.5 Å². The number of aromatic nitrogens is 1. The highest BCUT2D eigenvalue weighted by Crippen LogP contribution is 2.24. The fourth-order valence-electron chi connectivity index (χ4n) is 1.28. The number of nitro groups is 1. The minimum atomic E-state index is -0.504. The number of halogens is 1. The van der Waals surface area contributed by atoms with Gasteiger partial charge in [-0.2, -0.15) is 0 Å². The van der Waals surface area contributed by atoms with Gasteiger partial charge < -0.3 is 10.1 Å². The second-order valence-corrected chi connectivity index (χ2v) is 3.84. The van der Waals surface area contributed by atoms with E-state index in [2.05, 4.69) is 10.3 Å². The van der Waals surface area contributed by atoms with E-state index < -0.39 is 4.92 Å². The minimum Gasteiger partial charge on any atom is -0.385 e. The van der Waals surface area contributed by atoms with Crippen LogP contribution in [0.4, 0.5) is 11.5 Å². The molecule has 0 amide bonds. The Kier molecular flexibility index (Phi) is 5.65. The van der Waals surface area contributed by atoms with Crippen molar-refractivity contribution in [3.05, 3.63) is 27.4 Å². The van der Waals surface area contributed by atoms with Crippen LogP contribution in [0.3, 0.4) is 0 Å². The maximum atomic E-state index is 10.8. The smallest absolute Gasteiger partial charge is 0.312 e. The number of nitrogens with zero attached hydrogens (tertiary/aromatic N) is 2. The molecule has 0 aliphatic carbocycles. The van der Waals surface area contributed by atoms with Crippen LogP contribution < -0.4 is 5.32 Å². The summed E-state index contributed by atoms with van der Waals surface area (Å²) in [4.78, 5) is 14.2. The van der Waals surface area contributed by atoms with Gasteiger partial charge in [0.1, 0.15) is 0 Å². The molecule has 6 nitrogen and oxygen atoms in total. The van der Waals surface area contributed by atoms with Crippen molar-refractivity contribution in [3.63, 3.8) is 0 Å². The Morgan fingerprint density at radius 2 is 2.35 bits per heavy atom. The molecule has 0 saturated heterocycles. The standard InChI is InChI=1S/C10H14ClN3O3/c1-17-5-3-2-4-12-10-9(14(15)16)6-8(11)7-13-10/h6-7H,2-5H2,1H3,(H,12,13). The molecule has 1 rings (SSSR count). The fourth-order valence-corrected chi connectivity index (χ4v) is 1.43. The van der Waals surface area contributed by atoms with Gasteiger partial charge in [-0.3, -0.25) is 10.1 Å². The van der Waals surface area contributed by atoms with Crippen LogP contribution in [-0.4, -0.2) is 30.2 Å². The maximum absolute atomic E-state index is 10.8. The average Bonchev–Trinajstić information content (AvgIpc) is 2.30. The van der Waals surface area contributed by atoms with Crippen LogP contribution in [0.15, 0.2) is 12.3 Å². The van der Waals surface area contributed by atoms with E-state index in [1.807, 2.05) is 0 Å². The van der Waals surface area contributed by atoms with Crippen LogP contribution in [0.25, 0.3) is 0 Å². The van der Waals surface area contributed by atoms with Crippen LogP contribution in [0.5, 0.6) is 0 Å². The highest BCUT2D eigenvalue weighted by Gasteiger charge is 2.15. The van der Waals surface area contributed by atoms with Crippen molar-refractivity contribution in [2.45, 2.75) is 12.8 Å². The normalized spacial score (nSPS) is 10.2. The molecule has 1 heterocycles. The number of methoxy groups -OCH3 is 1. The molecular weight excluding hydrogens is 246 g/mol. The zero-order valence-electron chi connectivity index (χ0n) is 9.48. The van der Waals surface area contributed by atoms with Crippen LogP contribution in [0, 0.1) is 10.1 Å². The molecule has 17 heavy (non-hydrogen) atoms. The third-order valence-corrected chi connectivity index (χ3v) is 2.31. The van der Waals surface area contributed by atoms with E-state index in [1.54, 1.807) is 7.11 Å². The van der Waals surface area contributed by atoms with E-state index in [0.29, 0.717) is 13.2 Å². The van der Waals surface area contributed by atoms with E-state index in [-0.39, 0.29) is 16.5 Å². The monoisotopic (exact) mass is 259 g/mol. The highest BCUT2D eigenvalue weighted by molar-refractivity contribution is 6.30. The van der Waals surface area contributed by atoms with Crippen LogP contribution in [0.2, 0.25) is 5.02 Å². The van der Waals surface area contributed by atoms with Gasteiger partial charge in [-0.15, -0.1) is 0 Å². The molecule has 0 saturated carbocycles. The topological polar surface area (TPSA) is 77.3 Å². The summed E-state index contributed by atoms with van der Waals surface area (Å²) in [5.41, 5.74) is -0.107. The quantitative estimate of drug-likeness (QED) is 0.462. The van der Waals surface area contributed by atoms with Crippen LogP contribution >= 0.6 is 11.6 Å². The molecule has 0 radical (unpaired) electrons. The van der Waals surface area contributed by atoms with E-state index in [9.17, 15) is 10.1 Å². The summed E-state index contributed by atoms with van der Waals surface area (Å²) in [6.45, 7) is 1.29. The Balaban J connectivity index is 2.55. The zero-order chi connectivity index (χ0) is 12.7. The first-order chi connectivity index (χ1) is 8.15. The summed E-state index contributed by atoms with van der Waals surface area (Å²) < 4.78 is 4.90. The summed E-state index contributed by atoms with van der Waals surface area (Å²) >= 11 is 5.65. The van der Waals surface area contributed by atoms with E-state index in [0.717, 1.165) is 12.8 Å². The number of ether oxygens (including phenoxy) is 1. The zero-order valence-corrected chi connectivity index (χ0v) is 10.2. The summed E-state index contributed by atoms with van der Waals surface area (Å²) in [5, 5.41) is 13.9. The SMILES string of the molecule is COCCCCNc1ncc(Cl)cc1[N+](=O)[O-]. The highest BCUT2D eigenvalue weighted by atomic mass is 35.5. The first kappa shape index (κ1) is 13.7. The van der Waals surface area contributed by atoms with Gasteiger partial charge in [-0.05, 0) is 12.8 Å². The molecule has 0 aliphatic rings. The van der Waals surface area contributed by atoms with Crippen molar-refractivity contribution in [3.8, 4) is 0 Å². The number of pyridine rings is 1. The molecule has 7 heteroatoms. The molecule has 94 valence electrons. The summed E-state index contributed by atoms with van der Waals surface area (Å²) in [6.07, 6.45) is 3.13. The molecule has 1 aromatic rings. The van der Waals surface area contributed by atoms with Gasteiger partial charge in [0.05, 0.1) is 9.95 Å². The number of nitrogens with one attached hydrogen (secondary N) is 1. The number of rotatable bonds is 7. The van der Waals surface area contributed by atoms with Gasteiger partial charge in [0.15, 0.2) is 0 Å². The van der Waals surface area contributed by atoms with Crippen molar-refractivity contribution in [2.75, 3.05) is 25.6 Å². The van der Waals surface area contributed by atoms with E-state index in [1.165, 1.54) is 12.3 Å². The molecule has 1 N–H and O–H groups in total. The number of unbranched alkanes of at least 4 members (excludes halogenated alkanes) is 1. The van der Waals surface area contributed by atoms with Crippen LogP contribution in [0.1, 0.15) is 12.8 Å². The van der Waals surface area contributed by atoms with Crippen molar-refractivity contribution >= 4 is 23.1 Å². The predicted molar refractivity (Wildman–Crippen MR) is 65.5 cm³/mol. The predicted octanol–water partition coefficient (Wildman–Crippen LogP) is 2.48. The molecule has 0 atom stereocenters. The Morgan fingerprint density at radius 1 is 1.59 bits per heavy atom. The summed E-state index contributed by atoms with van der Waals surface area (Å²) in [7, 11) is 1.64. The van der Waals surface area contributed by atoms with Gasteiger partial charge in [-0.1, -0.05) is 11.6 Å². The minimum absolute atomic E-state index is 0.107. The summed E-state index contributed by atoms with van der Waals surface area (Å²) in [6, 6.07) is 1.28. The van der Waals surface area contributed by atoms with Crippen LogP contribution in [-0.2, 0) is 4.74 Å². The molecule has 0 bridgehead atoms. The molecule has 0 spiro atoms. The van der Waals surface area contributed by atoms with Crippen molar-refractivity contribution in [1.82, 2.24) is 4.98 Å². The van der Waals surface area contributed by atoms with Gasteiger partial charge in [0.2, 0.25) is 5.82 Å². The molecular formula is C10H14ClN3O3. The van der Waals surface area contributed by atoms with Gasteiger partial charge in [0.25, 0.3) is 0 Å². The maximum Gasteiger partial charge on any atom is 0.312 e. The van der Waals surface area contributed by atoms with E-state index >= 15 is 0 Å². The first-order valence-corrected chi connectivity index (χ1v) is 5.55. The lowest BCUT2D eigenvalue weighted by molar-refractivity contribution is -0.384. The number of anilines is 1. The lowest BCUT2D eigenvalue weighted by atomic mass is 10.3. The second-order valence-electron chi connectivity index (χ2n) is 3.41. The Labute approximate surface area is 104 Å². The summed E-state index contributed by atoms with van der Waals surface area (Å²) in [5.74, 6) is 0.247.